The fourth-order valence-corrected chi connectivity index (χ4v) is 2.86. The molecule has 0 saturated heterocycles. The normalized spacial score (nSPS) is 10.7. The van der Waals surface area contributed by atoms with Gasteiger partial charge in [-0.1, -0.05) is 30.3 Å². The Balaban J connectivity index is 2.19. The number of nitrogens with one attached hydrogen (secondary N) is 1. The minimum absolute atomic E-state index is 0.922. The van der Waals surface area contributed by atoms with Gasteiger partial charge in [-0.3, -0.25) is 0 Å². The smallest absolute Gasteiger partial charge is 0.0838 e. The lowest BCUT2D eigenvalue weighted by atomic mass is 10.1. The number of pyridine rings is 1. The molecule has 0 amide bonds. The monoisotopic (exact) mass is 254 g/mol. The van der Waals surface area contributed by atoms with E-state index < -0.39 is 0 Å². The number of rotatable bonds is 3. The third kappa shape index (κ3) is 1.97. The Kier molecular flexibility index (Phi) is 2.99. The van der Waals surface area contributed by atoms with Gasteiger partial charge in [0, 0.05) is 12.1 Å². The molecule has 1 aromatic carbocycles. The first kappa shape index (κ1) is 11.2. The van der Waals surface area contributed by atoms with Gasteiger partial charge in [0.05, 0.1) is 21.6 Å². The molecule has 3 rings (SSSR count). The summed E-state index contributed by atoms with van der Waals surface area (Å²) in [5.74, 6) is 0. The predicted molar refractivity (Wildman–Crippen MR) is 79.2 cm³/mol. The van der Waals surface area contributed by atoms with Crippen molar-refractivity contribution < 1.29 is 0 Å². The maximum atomic E-state index is 4.72. The first-order valence-corrected chi connectivity index (χ1v) is 6.94. The van der Waals surface area contributed by atoms with Crippen molar-refractivity contribution in [1.29, 1.82) is 0 Å². The lowest BCUT2D eigenvalue weighted by molar-refractivity contribution is 1.22. The fraction of sp³-hybridized carbons (Fsp3) is 0.133. The van der Waals surface area contributed by atoms with Crippen molar-refractivity contribution in [2.75, 3.05) is 11.9 Å². The lowest BCUT2D eigenvalue weighted by Crippen LogP contribution is -1.97. The predicted octanol–water partition coefficient (Wildman–Crippen LogP) is 4.40. The molecule has 3 heteroatoms. The van der Waals surface area contributed by atoms with Crippen LogP contribution in [0.3, 0.4) is 0 Å². The Morgan fingerprint density at radius 1 is 1.17 bits per heavy atom. The van der Waals surface area contributed by atoms with Crippen LogP contribution in [0.1, 0.15) is 6.92 Å². The highest BCUT2D eigenvalue weighted by Gasteiger charge is 2.07. The van der Waals surface area contributed by atoms with E-state index in [1.54, 1.807) is 11.3 Å². The lowest BCUT2D eigenvalue weighted by Gasteiger charge is -2.08. The summed E-state index contributed by atoms with van der Waals surface area (Å²) in [5.41, 5.74) is 4.43. The van der Waals surface area contributed by atoms with Gasteiger partial charge in [-0.15, -0.1) is 11.3 Å². The van der Waals surface area contributed by atoms with Crippen LogP contribution in [-0.4, -0.2) is 11.5 Å². The zero-order valence-corrected chi connectivity index (χ0v) is 11.0. The van der Waals surface area contributed by atoms with Crippen molar-refractivity contribution in [3.63, 3.8) is 0 Å². The van der Waals surface area contributed by atoms with Gasteiger partial charge in [0.2, 0.25) is 0 Å². The summed E-state index contributed by atoms with van der Waals surface area (Å²) in [6.07, 6.45) is 0. The van der Waals surface area contributed by atoms with E-state index in [0.717, 1.165) is 23.3 Å². The Hall–Kier alpha value is -1.87. The van der Waals surface area contributed by atoms with E-state index in [9.17, 15) is 0 Å². The van der Waals surface area contributed by atoms with Crippen LogP contribution in [0.4, 0.5) is 5.69 Å². The number of hydrogen-bond acceptors (Lipinski definition) is 3. The highest BCUT2D eigenvalue weighted by Crippen LogP contribution is 2.31. The molecule has 2 aromatic heterocycles. The van der Waals surface area contributed by atoms with Crippen LogP contribution in [0.2, 0.25) is 0 Å². The minimum Gasteiger partial charge on any atom is -0.384 e. The van der Waals surface area contributed by atoms with Gasteiger partial charge in [-0.05, 0) is 24.4 Å². The molecule has 18 heavy (non-hydrogen) atoms. The van der Waals surface area contributed by atoms with Crippen molar-refractivity contribution in [1.82, 2.24) is 4.98 Å². The third-order valence-corrected chi connectivity index (χ3v) is 3.78. The van der Waals surface area contributed by atoms with Crippen molar-refractivity contribution in [3.05, 3.63) is 47.8 Å². The van der Waals surface area contributed by atoms with E-state index in [2.05, 4.69) is 41.9 Å². The summed E-state index contributed by atoms with van der Waals surface area (Å²) in [4.78, 5) is 4.72. The molecule has 90 valence electrons. The van der Waals surface area contributed by atoms with Gasteiger partial charge in [-0.25, -0.2) is 4.98 Å². The Labute approximate surface area is 110 Å². The Bertz CT molecular complexity index is 659. The van der Waals surface area contributed by atoms with E-state index in [1.165, 1.54) is 10.4 Å². The molecule has 2 nitrogen and oxygen atoms in total. The molecule has 0 aliphatic rings. The molecule has 0 aliphatic heterocycles. The number of fused-ring (bicyclic) bond motifs is 1. The summed E-state index contributed by atoms with van der Waals surface area (Å²) in [5, 5.41) is 5.51. The summed E-state index contributed by atoms with van der Waals surface area (Å²) < 4.78 is 1.23. The van der Waals surface area contributed by atoms with E-state index in [4.69, 9.17) is 4.98 Å². The topological polar surface area (TPSA) is 24.9 Å². The second-order valence-corrected chi connectivity index (χ2v) is 5.00. The van der Waals surface area contributed by atoms with E-state index in [0.29, 0.717) is 0 Å². The summed E-state index contributed by atoms with van der Waals surface area (Å²) >= 11 is 1.73. The number of nitrogens with zero attached hydrogens (tertiary/aromatic N) is 1. The van der Waals surface area contributed by atoms with Gasteiger partial charge in [0.1, 0.15) is 0 Å². The zero-order chi connectivity index (χ0) is 12.4. The van der Waals surface area contributed by atoms with Crippen molar-refractivity contribution in [3.8, 4) is 11.3 Å². The van der Waals surface area contributed by atoms with Gasteiger partial charge in [-0.2, -0.15) is 0 Å². The number of benzene rings is 1. The molecule has 0 aliphatic carbocycles. The van der Waals surface area contributed by atoms with Gasteiger partial charge in [0.25, 0.3) is 0 Å². The van der Waals surface area contributed by atoms with Gasteiger partial charge in [0.15, 0.2) is 0 Å². The molecule has 2 heterocycles. The number of hydrogen-bond donors (Lipinski definition) is 1. The summed E-state index contributed by atoms with van der Waals surface area (Å²) in [6, 6.07) is 14.5. The van der Waals surface area contributed by atoms with Gasteiger partial charge >= 0.3 is 0 Å². The fourth-order valence-electron chi connectivity index (χ4n) is 2.03. The van der Waals surface area contributed by atoms with Crippen LogP contribution in [0.15, 0.2) is 47.8 Å². The van der Waals surface area contributed by atoms with Crippen LogP contribution in [0.5, 0.6) is 0 Å². The Morgan fingerprint density at radius 3 is 2.78 bits per heavy atom. The summed E-state index contributed by atoms with van der Waals surface area (Å²) in [6.45, 7) is 3.04. The first-order valence-electron chi connectivity index (χ1n) is 6.06. The Morgan fingerprint density at radius 2 is 2.00 bits per heavy atom. The second-order valence-electron chi connectivity index (χ2n) is 4.09. The quantitative estimate of drug-likeness (QED) is 0.749. The van der Waals surface area contributed by atoms with Crippen molar-refractivity contribution in [2.45, 2.75) is 6.92 Å². The third-order valence-electron chi connectivity index (χ3n) is 2.85. The maximum Gasteiger partial charge on any atom is 0.0838 e. The number of thiophene rings is 1. The molecule has 0 atom stereocenters. The molecule has 0 fully saturated rings. The molecule has 0 saturated carbocycles. The van der Waals surface area contributed by atoms with Crippen LogP contribution >= 0.6 is 11.3 Å². The number of aromatic nitrogens is 1. The average molecular weight is 254 g/mol. The highest BCUT2D eigenvalue weighted by atomic mass is 32.1. The first-order chi connectivity index (χ1) is 8.88. The van der Waals surface area contributed by atoms with Crippen LogP contribution in [-0.2, 0) is 0 Å². The highest BCUT2D eigenvalue weighted by molar-refractivity contribution is 7.17. The van der Waals surface area contributed by atoms with E-state index in [-0.39, 0.29) is 0 Å². The molecule has 0 spiro atoms. The molecule has 0 radical (unpaired) electrons. The molecule has 0 bridgehead atoms. The zero-order valence-electron chi connectivity index (χ0n) is 10.2. The molecule has 3 aromatic rings. The van der Waals surface area contributed by atoms with E-state index in [1.807, 2.05) is 18.2 Å². The minimum atomic E-state index is 0.922. The molecular formula is C15H14N2S. The van der Waals surface area contributed by atoms with Crippen molar-refractivity contribution in [2.24, 2.45) is 0 Å². The number of anilines is 1. The average Bonchev–Trinajstić information content (AvgIpc) is 2.88. The van der Waals surface area contributed by atoms with Crippen LogP contribution in [0.25, 0.3) is 21.5 Å². The standard InChI is InChI=1S/C15H14N2S/c1-2-16-14-10-13(11-6-4-3-5-7-11)17-12-8-9-18-15(12)14/h3-10H,2H2,1H3,(H,16,17). The molecule has 1 N–H and O–H groups in total. The van der Waals surface area contributed by atoms with Gasteiger partial charge < -0.3 is 5.32 Å². The largest absolute Gasteiger partial charge is 0.384 e. The van der Waals surface area contributed by atoms with E-state index >= 15 is 0 Å². The molecular weight excluding hydrogens is 240 g/mol. The molecule has 0 unspecified atom stereocenters. The van der Waals surface area contributed by atoms with Crippen LogP contribution in [0, 0.1) is 0 Å². The second kappa shape index (κ2) is 4.78. The van der Waals surface area contributed by atoms with Crippen molar-refractivity contribution >= 4 is 27.2 Å². The van der Waals surface area contributed by atoms with Crippen LogP contribution < -0.4 is 5.32 Å². The SMILES string of the molecule is CCNc1cc(-c2ccccc2)nc2ccsc12. The summed E-state index contributed by atoms with van der Waals surface area (Å²) in [7, 11) is 0. The maximum absolute atomic E-state index is 4.72.